The molecule has 0 saturated heterocycles. The topological polar surface area (TPSA) is 252 Å². The summed E-state index contributed by atoms with van der Waals surface area (Å²) < 4.78 is 51.4. The number of anilines is 1. The van der Waals surface area contributed by atoms with Crippen molar-refractivity contribution in [3.63, 3.8) is 0 Å². The second-order valence-electron chi connectivity index (χ2n) is 37.3. The van der Waals surface area contributed by atoms with Gasteiger partial charge in [-0.05, 0) is 210 Å². The number of aliphatic carboxylic acids is 1. The smallest absolute Gasteiger partial charge is 1.00 e. The number of nitrogens with two attached hydrogens (primary N) is 1. The van der Waals surface area contributed by atoms with Gasteiger partial charge in [0.15, 0.2) is 0 Å². The largest absolute Gasteiger partial charge is 1.00 e. The second kappa shape index (κ2) is 67.9. The molecular weight excluding hydrogens is 1900 g/mol. The summed E-state index contributed by atoms with van der Waals surface area (Å²) in [6.45, 7) is 54.8. The van der Waals surface area contributed by atoms with Crippen LogP contribution < -0.4 is 40.2 Å². The molecule has 20 nitrogen and oxygen atoms in total. The summed E-state index contributed by atoms with van der Waals surface area (Å²) in [6.07, 6.45) is 47.4. The molecule has 29 heteroatoms. The van der Waals surface area contributed by atoms with Gasteiger partial charge >= 0.3 is 40.9 Å². The number of nitro benzene ring substituents is 3. The fourth-order valence-corrected chi connectivity index (χ4v) is 18.5. The molecule has 5 aromatic rings. The number of carboxylic acids is 1. The number of carbonyl (C=O) groups excluding carboxylic acids is 2. The predicted octanol–water partition coefficient (Wildman–Crippen LogP) is 28.3. The molecule has 13 rings (SSSR count). The molecule has 8 aliphatic carbocycles. The predicted molar refractivity (Wildman–Crippen MR) is 528 cm³/mol. The number of carbonyl (C=O) groups is 3. The Hall–Kier alpha value is -7.19. The van der Waals surface area contributed by atoms with Gasteiger partial charge < -0.3 is 41.4 Å². The minimum Gasteiger partial charge on any atom is -1.00 e. The molecule has 0 radical (unpaired) electrons. The molecule has 0 aliphatic heterocycles. The molecule has 730 valence electrons. The van der Waals surface area contributed by atoms with Gasteiger partial charge in [-0.15, -0.1) is 0 Å². The van der Waals surface area contributed by atoms with Gasteiger partial charge in [0.25, 0.3) is 33.8 Å². The molecule has 0 aromatic heterocycles. The van der Waals surface area contributed by atoms with Crippen LogP contribution >= 0.6 is 43.5 Å². The van der Waals surface area contributed by atoms with Gasteiger partial charge in [0.05, 0.1) is 14.8 Å². The van der Waals surface area contributed by atoms with Crippen molar-refractivity contribution < 1.29 is 99.9 Å². The van der Waals surface area contributed by atoms with E-state index in [4.69, 9.17) is 60.1 Å². The zero-order valence-electron chi connectivity index (χ0n) is 81.5. The van der Waals surface area contributed by atoms with Crippen molar-refractivity contribution in [3.05, 3.63) is 242 Å². The van der Waals surface area contributed by atoms with Crippen LogP contribution in [0.4, 0.5) is 40.3 Å². The van der Waals surface area contributed by atoms with Gasteiger partial charge in [0.1, 0.15) is 23.1 Å². The number of hydrogen-bond acceptors (Lipinski definition) is 11. The van der Waals surface area contributed by atoms with E-state index in [0.29, 0.717) is 73.1 Å². The van der Waals surface area contributed by atoms with E-state index in [2.05, 4.69) is 88.7 Å². The average Bonchev–Trinajstić information content (AvgIpc) is 1.22. The molecule has 0 amide bonds. The first-order valence-electron chi connectivity index (χ1n) is 47.5. The molecule has 0 spiro atoms. The number of ketones is 1. The number of alkyl halides is 2. The Balaban J connectivity index is 0.00000150. The van der Waals surface area contributed by atoms with Crippen LogP contribution in [0.25, 0.3) is 24.2 Å². The van der Waals surface area contributed by atoms with Crippen molar-refractivity contribution >= 4 is 83.2 Å². The number of nitro groups is 3. The fraction of sp³-hybridized carbons (Fsp3) is 0.635. The van der Waals surface area contributed by atoms with E-state index >= 15 is 0 Å². The first kappa shape index (κ1) is 124. The van der Waals surface area contributed by atoms with E-state index in [0.717, 1.165) is 167 Å². The van der Waals surface area contributed by atoms with Crippen LogP contribution in [0.5, 0.6) is 0 Å². The standard InChI is InChI=1S/C22H31N3O2.2C12H11FN2O2.C12H12FN.C11H20O.C11H22.C8H6FN.C6H13N.C4H8Br2.C4H7ClO.C2H4O2.Fe.Na.H/c1-17(2)16-24(19-9-5-4-6-10-19)20-12-11-18(15-21(20)25(26)27)22(23-3)13-7-8-14-22;2*1-14-12(6-2-3-7-12)9-4-5-10(13)11(8-9)15(16)17;1-14-12(8-2-3-9-12)10-4-6-11(13)7-5-10;1-9(2)11(12)8-10-6-4-3-5-7-10;1-10(2)8-9-11-6-4-3-5-7-11;1-10-6-7-2-4-8(9)5-3-7;7-6-4-2-1-3-5-6;5-3-1-2-4-6;1-3(2)4(5)6;1-2(3)4;;;/h11-12,15,17,19H,4-10,13-14,16H2,1-2H3;2*4-5,8H,2-3,6-7H2;4-7H,2-3,8-9H2;9-10H,3-8H2,1-2H3;10-11H,3-9H2,1-2H3;2-5H,6H2;6H,1-5,7H2;1-4H2;3H,1-2H3;1H3,(H,3,4);;;/q;;;;;;;;;;;;+1;-1. The van der Waals surface area contributed by atoms with Gasteiger partial charge in [-0.25, -0.2) is 41.6 Å². The maximum Gasteiger partial charge on any atom is 1.00 e. The number of Topliss-reactive ketones (excluding diaryl/α,β-unsaturated/α-hetero) is 1. The molecule has 3 N–H and O–H groups in total. The fourth-order valence-electron chi connectivity index (χ4n) is 17.7. The number of unbranched alkanes of at least 4 members (excludes halogenated alkanes) is 1. The quantitative estimate of drug-likeness (QED) is 0.00959. The van der Waals surface area contributed by atoms with Crippen molar-refractivity contribution in [1.29, 1.82) is 0 Å². The van der Waals surface area contributed by atoms with Gasteiger partial charge in [-0.2, -0.15) is 8.78 Å². The summed E-state index contributed by atoms with van der Waals surface area (Å²) in [4.78, 5) is 82.2. The second-order valence-corrected chi connectivity index (χ2v) is 39.2. The van der Waals surface area contributed by atoms with Gasteiger partial charge in [-0.3, -0.25) is 44.7 Å². The Morgan fingerprint density at radius 1 is 0.489 bits per heavy atom. The Morgan fingerprint density at radius 2 is 0.805 bits per heavy atom. The van der Waals surface area contributed by atoms with E-state index in [-0.39, 0.29) is 92.9 Å². The minimum absolute atomic E-state index is 0. The molecule has 8 fully saturated rings. The summed E-state index contributed by atoms with van der Waals surface area (Å²) in [5.74, 6) is 0.821. The summed E-state index contributed by atoms with van der Waals surface area (Å²) in [7, 11) is 0. The van der Waals surface area contributed by atoms with Gasteiger partial charge in [-0.1, -0.05) is 203 Å². The Kier molecular flexibility index (Phi) is 63.2. The zero-order chi connectivity index (χ0) is 97.5. The molecule has 0 atom stereocenters. The molecular formula is C104H146Br2ClF4FeN10NaO10. The van der Waals surface area contributed by atoms with Crippen molar-refractivity contribution in [2.24, 2.45) is 41.2 Å². The number of benzene rings is 5. The number of nitrogens with zero attached hydrogens (tertiary/aromatic N) is 9. The molecule has 8 saturated carbocycles. The maximum atomic E-state index is 13.2. The summed E-state index contributed by atoms with van der Waals surface area (Å²) >= 11 is 11.6. The van der Waals surface area contributed by atoms with Crippen molar-refractivity contribution in [3.8, 4) is 0 Å². The molecule has 0 bridgehead atoms. The van der Waals surface area contributed by atoms with Crippen LogP contribution in [0.1, 0.15) is 355 Å². The van der Waals surface area contributed by atoms with E-state index in [1.165, 1.54) is 190 Å². The van der Waals surface area contributed by atoms with Crippen LogP contribution in [-0.4, -0.2) is 66.2 Å². The monoisotopic (exact) mass is 2040 g/mol. The molecule has 0 heterocycles. The Morgan fingerprint density at radius 3 is 1.11 bits per heavy atom. The number of hydrogen-bond donors (Lipinski definition) is 2. The Labute approximate surface area is 847 Å². The molecule has 0 unspecified atom stereocenters. The van der Waals surface area contributed by atoms with Gasteiger partial charge in [0.2, 0.25) is 23.4 Å². The van der Waals surface area contributed by atoms with E-state index in [1.54, 1.807) is 44.2 Å². The van der Waals surface area contributed by atoms with Crippen molar-refractivity contribution in [1.82, 2.24) is 0 Å². The molecule has 5 aromatic carbocycles. The van der Waals surface area contributed by atoms with Crippen molar-refractivity contribution in [2.75, 3.05) is 22.1 Å². The summed E-state index contributed by atoms with van der Waals surface area (Å²) in [5, 5.41) is 42.7. The zero-order valence-corrected chi connectivity index (χ0v) is 87.5. The van der Waals surface area contributed by atoms with Crippen LogP contribution in [0.15, 0.2) is 103 Å². The molecule has 8 aliphatic rings. The average molecular weight is 2050 g/mol. The van der Waals surface area contributed by atoms with E-state index in [1.807, 2.05) is 26.0 Å². The van der Waals surface area contributed by atoms with Crippen LogP contribution in [0.2, 0.25) is 0 Å². The molecule has 133 heavy (non-hydrogen) atoms. The number of rotatable bonds is 22. The SMILES string of the molecule is BrCCCCBr.CC(=O)O.CC(C)C(=O)CC1CCCCC1.CC(C)C(=O)Cl.CC(C)CCC1CCCCC1.NC1CCCCC1.[C-]#[N+]C1(c2ccc(F)c([N+](=O)[O-])c2)CCCC1.[C-]#[N+]C1(c2ccc(F)c([N+](=O)[O-])c2)CCCC1.[C-]#[N+]C1(c2ccc(F)cc2)CCCC1.[C-]#[N+]C1(c2ccc(N(CC(C)C)C3CCCCC3)c([N+](=O)[O-])c2)CCCC1.[C-]#[N+]Cc1ccc(F)cc1.[Fe].[H-].[Na+]. The third-order valence-electron chi connectivity index (χ3n) is 25.4. The third-order valence-corrected chi connectivity index (χ3v) is 27.0. The van der Waals surface area contributed by atoms with Crippen LogP contribution in [0.3, 0.4) is 0 Å². The normalized spacial score (nSPS) is 17.1. The minimum atomic E-state index is -0.850. The summed E-state index contributed by atoms with van der Waals surface area (Å²) in [5.41, 5.74) is 6.99. The first-order valence-corrected chi connectivity index (χ1v) is 50.2. The number of carboxylic acid groups (broad SMARTS) is 1. The number of halogens is 7. The van der Waals surface area contributed by atoms with Gasteiger partial charge in [0, 0.05) is 169 Å². The first-order chi connectivity index (χ1) is 62.4. The van der Waals surface area contributed by atoms with E-state index in [9.17, 15) is 57.5 Å². The van der Waals surface area contributed by atoms with Crippen molar-refractivity contribution in [2.45, 2.75) is 366 Å². The van der Waals surface area contributed by atoms with Crippen LogP contribution in [0, 0.1) is 122 Å². The Bertz CT molecular complexity index is 4360. The summed E-state index contributed by atoms with van der Waals surface area (Å²) in [6, 6.07) is 26.4. The third kappa shape index (κ3) is 45.8. The van der Waals surface area contributed by atoms with Crippen LogP contribution in [-0.2, 0) is 60.2 Å². The van der Waals surface area contributed by atoms with E-state index < -0.39 is 55.4 Å². The maximum absolute atomic E-state index is 13.2.